The summed E-state index contributed by atoms with van der Waals surface area (Å²) in [6, 6.07) is 0.152. The van der Waals surface area contributed by atoms with Crippen LogP contribution in [-0.4, -0.2) is 71.2 Å². The fourth-order valence-corrected chi connectivity index (χ4v) is 2.88. The van der Waals surface area contributed by atoms with E-state index in [1.165, 1.54) is 6.92 Å². The summed E-state index contributed by atoms with van der Waals surface area (Å²) in [5.74, 6) is -0.775. The van der Waals surface area contributed by atoms with Gasteiger partial charge in [-0.1, -0.05) is 0 Å². The largest absolute Gasteiger partial charge is 0.339 e. The van der Waals surface area contributed by atoms with Crippen molar-refractivity contribution in [1.82, 2.24) is 14.7 Å². The molecule has 6 heteroatoms. The standard InChI is InChI=1S/C14H23N3O3/c1-11-5-3-4-6-17(11)14(20)13(19)16-9-7-15(8-10-16)12(2)18/h11H,3-10H2,1-2H3. The van der Waals surface area contributed by atoms with Crippen molar-refractivity contribution in [3.8, 4) is 0 Å². The lowest BCUT2D eigenvalue weighted by molar-refractivity contribution is -0.155. The fraction of sp³-hybridized carbons (Fsp3) is 0.786. The van der Waals surface area contributed by atoms with Gasteiger partial charge in [-0.25, -0.2) is 0 Å². The summed E-state index contributed by atoms with van der Waals surface area (Å²) >= 11 is 0. The van der Waals surface area contributed by atoms with Crippen molar-refractivity contribution in [3.05, 3.63) is 0 Å². The molecule has 3 amide bonds. The van der Waals surface area contributed by atoms with Crippen LogP contribution in [0.5, 0.6) is 0 Å². The monoisotopic (exact) mass is 281 g/mol. The van der Waals surface area contributed by atoms with Crippen molar-refractivity contribution < 1.29 is 14.4 Å². The summed E-state index contributed by atoms with van der Waals surface area (Å²) in [6.07, 6.45) is 3.06. The molecule has 0 radical (unpaired) electrons. The van der Waals surface area contributed by atoms with E-state index in [0.717, 1.165) is 19.3 Å². The average molecular weight is 281 g/mol. The van der Waals surface area contributed by atoms with Crippen LogP contribution in [-0.2, 0) is 14.4 Å². The third kappa shape index (κ3) is 3.11. The molecule has 0 aromatic carbocycles. The van der Waals surface area contributed by atoms with Crippen LogP contribution >= 0.6 is 0 Å². The Morgan fingerprint density at radius 3 is 2.00 bits per heavy atom. The Kier molecular flexibility index (Phi) is 4.62. The minimum absolute atomic E-state index is 0.0214. The minimum atomic E-state index is -0.415. The summed E-state index contributed by atoms with van der Waals surface area (Å²) in [5, 5.41) is 0. The number of nitrogens with zero attached hydrogens (tertiary/aromatic N) is 3. The molecule has 0 N–H and O–H groups in total. The molecule has 2 aliphatic heterocycles. The van der Waals surface area contributed by atoms with E-state index in [4.69, 9.17) is 0 Å². The van der Waals surface area contributed by atoms with Gasteiger partial charge in [0.05, 0.1) is 0 Å². The maximum Gasteiger partial charge on any atom is 0.312 e. The van der Waals surface area contributed by atoms with Gasteiger partial charge in [-0.2, -0.15) is 0 Å². The maximum absolute atomic E-state index is 12.3. The van der Waals surface area contributed by atoms with E-state index in [1.54, 1.807) is 14.7 Å². The lowest BCUT2D eigenvalue weighted by Gasteiger charge is -2.37. The fourth-order valence-electron chi connectivity index (χ4n) is 2.88. The molecule has 0 aromatic heterocycles. The van der Waals surface area contributed by atoms with Crippen molar-refractivity contribution in [2.75, 3.05) is 32.7 Å². The first kappa shape index (κ1) is 14.8. The van der Waals surface area contributed by atoms with Gasteiger partial charge in [0.25, 0.3) is 0 Å². The molecule has 2 heterocycles. The molecule has 2 saturated heterocycles. The van der Waals surface area contributed by atoms with Crippen LogP contribution in [0.4, 0.5) is 0 Å². The second-order valence-electron chi connectivity index (χ2n) is 5.64. The third-order valence-corrected chi connectivity index (χ3v) is 4.26. The second-order valence-corrected chi connectivity index (χ2v) is 5.64. The van der Waals surface area contributed by atoms with Gasteiger partial charge < -0.3 is 14.7 Å². The van der Waals surface area contributed by atoms with Crippen LogP contribution in [0, 0.1) is 0 Å². The van der Waals surface area contributed by atoms with Gasteiger partial charge in [0.1, 0.15) is 0 Å². The topological polar surface area (TPSA) is 60.9 Å². The Morgan fingerprint density at radius 2 is 1.45 bits per heavy atom. The van der Waals surface area contributed by atoms with E-state index in [-0.39, 0.29) is 17.9 Å². The molecular weight excluding hydrogens is 258 g/mol. The first-order valence-electron chi connectivity index (χ1n) is 7.36. The van der Waals surface area contributed by atoms with E-state index >= 15 is 0 Å². The predicted molar refractivity (Wildman–Crippen MR) is 73.9 cm³/mol. The number of hydrogen-bond acceptors (Lipinski definition) is 3. The highest BCUT2D eigenvalue weighted by atomic mass is 16.2. The molecule has 0 spiro atoms. The number of likely N-dealkylation sites (tertiary alicyclic amines) is 1. The predicted octanol–water partition coefficient (Wildman–Crippen LogP) is 0.0781. The molecule has 2 fully saturated rings. The Labute approximate surface area is 119 Å². The van der Waals surface area contributed by atoms with Gasteiger partial charge in [-0.15, -0.1) is 0 Å². The van der Waals surface area contributed by atoms with Gasteiger partial charge in [-0.05, 0) is 26.2 Å². The van der Waals surface area contributed by atoms with Gasteiger partial charge in [0.15, 0.2) is 0 Å². The zero-order valence-electron chi connectivity index (χ0n) is 12.3. The van der Waals surface area contributed by atoms with Crippen molar-refractivity contribution in [1.29, 1.82) is 0 Å². The molecule has 1 unspecified atom stereocenters. The van der Waals surface area contributed by atoms with Gasteiger partial charge >= 0.3 is 11.8 Å². The highest BCUT2D eigenvalue weighted by molar-refractivity contribution is 6.35. The second kappa shape index (κ2) is 6.24. The summed E-state index contributed by atoms with van der Waals surface area (Å²) in [4.78, 5) is 40.8. The first-order chi connectivity index (χ1) is 9.50. The number of carbonyl (C=O) groups excluding carboxylic acids is 3. The summed E-state index contributed by atoms with van der Waals surface area (Å²) in [5.41, 5.74) is 0. The van der Waals surface area contributed by atoms with E-state index in [2.05, 4.69) is 0 Å². The van der Waals surface area contributed by atoms with Crippen LogP contribution in [0.25, 0.3) is 0 Å². The number of piperazine rings is 1. The number of amides is 3. The normalized spacial score (nSPS) is 23.7. The highest BCUT2D eigenvalue weighted by Crippen LogP contribution is 2.17. The highest BCUT2D eigenvalue weighted by Gasteiger charge is 2.32. The van der Waals surface area contributed by atoms with E-state index in [0.29, 0.717) is 32.7 Å². The van der Waals surface area contributed by atoms with Crippen molar-refractivity contribution in [2.45, 2.75) is 39.2 Å². The first-order valence-corrected chi connectivity index (χ1v) is 7.36. The molecule has 112 valence electrons. The molecule has 0 aromatic rings. The Bertz CT molecular complexity index is 402. The molecule has 20 heavy (non-hydrogen) atoms. The average Bonchev–Trinajstić information content (AvgIpc) is 2.46. The van der Waals surface area contributed by atoms with Crippen molar-refractivity contribution in [3.63, 3.8) is 0 Å². The molecule has 0 bridgehead atoms. The maximum atomic E-state index is 12.3. The molecule has 0 aliphatic carbocycles. The van der Waals surface area contributed by atoms with Crippen LogP contribution in [0.3, 0.4) is 0 Å². The number of piperidine rings is 1. The Hall–Kier alpha value is -1.59. The van der Waals surface area contributed by atoms with Crippen molar-refractivity contribution in [2.24, 2.45) is 0 Å². The molecule has 6 nitrogen and oxygen atoms in total. The van der Waals surface area contributed by atoms with E-state index in [1.807, 2.05) is 6.92 Å². The zero-order valence-corrected chi connectivity index (χ0v) is 12.3. The minimum Gasteiger partial charge on any atom is -0.339 e. The van der Waals surface area contributed by atoms with Crippen LogP contribution < -0.4 is 0 Å². The lowest BCUT2D eigenvalue weighted by atomic mass is 10.0. The van der Waals surface area contributed by atoms with Crippen LogP contribution in [0.15, 0.2) is 0 Å². The lowest BCUT2D eigenvalue weighted by Crippen LogP contribution is -2.55. The molecule has 2 rings (SSSR count). The smallest absolute Gasteiger partial charge is 0.312 e. The molecule has 0 saturated carbocycles. The van der Waals surface area contributed by atoms with E-state index < -0.39 is 5.91 Å². The summed E-state index contributed by atoms with van der Waals surface area (Å²) in [6.45, 7) is 6.14. The Balaban J connectivity index is 1.91. The van der Waals surface area contributed by atoms with Gasteiger partial charge in [-0.3, -0.25) is 14.4 Å². The Morgan fingerprint density at radius 1 is 0.850 bits per heavy atom. The molecular formula is C14H23N3O3. The summed E-state index contributed by atoms with van der Waals surface area (Å²) < 4.78 is 0. The SMILES string of the molecule is CC(=O)N1CCN(C(=O)C(=O)N2CCCCC2C)CC1. The number of rotatable bonds is 0. The van der Waals surface area contributed by atoms with Gasteiger partial charge in [0, 0.05) is 45.7 Å². The quantitative estimate of drug-likeness (QED) is 0.591. The van der Waals surface area contributed by atoms with E-state index in [9.17, 15) is 14.4 Å². The molecule has 1 atom stereocenters. The number of carbonyl (C=O) groups is 3. The molecule has 2 aliphatic rings. The van der Waals surface area contributed by atoms with Gasteiger partial charge in [0.2, 0.25) is 5.91 Å². The third-order valence-electron chi connectivity index (χ3n) is 4.26. The number of hydrogen-bond donors (Lipinski definition) is 0. The van der Waals surface area contributed by atoms with Crippen LogP contribution in [0.1, 0.15) is 33.1 Å². The van der Waals surface area contributed by atoms with Crippen molar-refractivity contribution >= 4 is 17.7 Å². The van der Waals surface area contributed by atoms with Crippen LogP contribution in [0.2, 0.25) is 0 Å². The zero-order chi connectivity index (χ0) is 14.7. The summed E-state index contributed by atoms with van der Waals surface area (Å²) in [7, 11) is 0.